The van der Waals surface area contributed by atoms with Crippen molar-refractivity contribution in [3.8, 4) is 0 Å². The molecule has 1 atom stereocenters. The zero-order chi connectivity index (χ0) is 9.40. The fourth-order valence-corrected chi connectivity index (χ4v) is 1.02. The molecule has 12 heavy (non-hydrogen) atoms. The number of alkyl halides is 1. The fourth-order valence-electron chi connectivity index (χ4n) is 1.02. The molecule has 72 valence electrons. The normalized spacial score (nSPS) is 14.8. The first-order valence-electron chi connectivity index (χ1n) is 4.55. The topological polar surface area (TPSA) is 9.23 Å². The van der Waals surface area contributed by atoms with Crippen LogP contribution in [0.2, 0.25) is 0 Å². The second-order valence-electron chi connectivity index (χ2n) is 2.85. The number of allylic oxidation sites excluding steroid dienone is 1. The number of hydrogen-bond acceptors (Lipinski definition) is 1. The third-order valence-corrected chi connectivity index (χ3v) is 2.08. The quantitative estimate of drug-likeness (QED) is 0.562. The summed E-state index contributed by atoms with van der Waals surface area (Å²) in [5.74, 6) is 0. The highest BCUT2D eigenvalue weighted by Gasteiger charge is 2.01. The standard InChI is InChI=1S/C10H19FO/c1-4-9(8-11)6-7-10(5-2)12-3/h6,10H,4-5,7-8H2,1-3H3. The van der Waals surface area contributed by atoms with Gasteiger partial charge in [0, 0.05) is 7.11 Å². The molecule has 0 aromatic carbocycles. The minimum atomic E-state index is -0.323. The van der Waals surface area contributed by atoms with Crippen LogP contribution in [0.1, 0.15) is 33.1 Å². The van der Waals surface area contributed by atoms with Crippen molar-refractivity contribution in [2.75, 3.05) is 13.8 Å². The lowest BCUT2D eigenvalue weighted by molar-refractivity contribution is 0.102. The van der Waals surface area contributed by atoms with Crippen molar-refractivity contribution in [2.45, 2.75) is 39.2 Å². The highest BCUT2D eigenvalue weighted by atomic mass is 19.1. The van der Waals surface area contributed by atoms with Gasteiger partial charge in [0.1, 0.15) is 6.67 Å². The van der Waals surface area contributed by atoms with E-state index in [2.05, 4.69) is 6.92 Å². The maximum atomic E-state index is 12.2. The summed E-state index contributed by atoms with van der Waals surface area (Å²) in [5.41, 5.74) is 0.880. The Kier molecular flexibility index (Phi) is 7.06. The summed E-state index contributed by atoms with van der Waals surface area (Å²) in [6.07, 6.45) is 4.82. The molecule has 0 aromatic rings. The van der Waals surface area contributed by atoms with Crippen molar-refractivity contribution in [1.29, 1.82) is 0 Å². The molecule has 0 aliphatic heterocycles. The van der Waals surface area contributed by atoms with E-state index in [1.165, 1.54) is 0 Å². The fraction of sp³-hybridized carbons (Fsp3) is 0.800. The van der Waals surface area contributed by atoms with Crippen LogP contribution in [0, 0.1) is 0 Å². The third kappa shape index (κ3) is 4.50. The van der Waals surface area contributed by atoms with Gasteiger partial charge < -0.3 is 4.74 Å². The first-order valence-corrected chi connectivity index (χ1v) is 4.55. The maximum absolute atomic E-state index is 12.2. The molecule has 2 heteroatoms. The Labute approximate surface area is 74.6 Å². The van der Waals surface area contributed by atoms with E-state index >= 15 is 0 Å². The summed E-state index contributed by atoms with van der Waals surface area (Å²) in [6.45, 7) is 3.72. The molecule has 1 nitrogen and oxygen atoms in total. The van der Waals surface area contributed by atoms with Crippen LogP contribution < -0.4 is 0 Å². The van der Waals surface area contributed by atoms with Gasteiger partial charge >= 0.3 is 0 Å². The Morgan fingerprint density at radius 2 is 2.17 bits per heavy atom. The molecule has 0 radical (unpaired) electrons. The molecular weight excluding hydrogens is 155 g/mol. The number of rotatable bonds is 6. The van der Waals surface area contributed by atoms with Crippen molar-refractivity contribution in [1.82, 2.24) is 0 Å². The van der Waals surface area contributed by atoms with E-state index in [1.54, 1.807) is 7.11 Å². The predicted octanol–water partition coefficient (Wildman–Crippen LogP) is 3.11. The van der Waals surface area contributed by atoms with Gasteiger partial charge in [-0.1, -0.05) is 19.9 Å². The van der Waals surface area contributed by atoms with Gasteiger partial charge in [-0.05, 0) is 24.8 Å². The average Bonchev–Trinajstić information content (AvgIpc) is 2.13. The van der Waals surface area contributed by atoms with Crippen molar-refractivity contribution >= 4 is 0 Å². The molecule has 0 N–H and O–H groups in total. The van der Waals surface area contributed by atoms with E-state index in [0.717, 1.165) is 24.8 Å². The largest absolute Gasteiger partial charge is 0.381 e. The van der Waals surface area contributed by atoms with Gasteiger partial charge in [-0.2, -0.15) is 0 Å². The van der Waals surface area contributed by atoms with Crippen molar-refractivity contribution < 1.29 is 9.13 Å². The highest BCUT2D eigenvalue weighted by molar-refractivity contribution is 5.01. The highest BCUT2D eigenvalue weighted by Crippen LogP contribution is 2.08. The Bertz CT molecular complexity index is 122. The van der Waals surface area contributed by atoms with Gasteiger partial charge in [-0.25, -0.2) is 4.39 Å². The summed E-state index contributed by atoms with van der Waals surface area (Å²) in [7, 11) is 1.70. The Morgan fingerprint density at radius 1 is 1.50 bits per heavy atom. The predicted molar refractivity (Wildman–Crippen MR) is 50.1 cm³/mol. The molecule has 1 unspecified atom stereocenters. The van der Waals surface area contributed by atoms with Crippen molar-refractivity contribution in [3.63, 3.8) is 0 Å². The lowest BCUT2D eigenvalue weighted by Gasteiger charge is -2.10. The Morgan fingerprint density at radius 3 is 2.50 bits per heavy atom. The smallest absolute Gasteiger partial charge is 0.111 e. The second kappa shape index (κ2) is 7.29. The number of methoxy groups -OCH3 is 1. The van der Waals surface area contributed by atoms with Gasteiger partial charge in [0.25, 0.3) is 0 Å². The summed E-state index contributed by atoms with van der Waals surface area (Å²) >= 11 is 0. The van der Waals surface area contributed by atoms with E-state index in [1.807, 2.05) is 13.0 Å². The Balaban J connectivity index is 3.81. The van der Waals surface area contributed by atoms with Crippen LogP contribution in [0.25, 0.3) is 0 Å². The lowest BCUT2D eigenvalue weighted by atomic mass is 10.1. The third-order valence-electron chi connectivity index (χ3n) is 2.08. The average molecular weight is 174 g/mol. The zero-order valence-electron chi connectivity index (χ0n) is 8.27. The van der Waals surface area contributed by atoms with Gasteiger partial charge in [0.05, 0.1) is 6.10 Å². The van der Waals surface area contributed by atoms with E-state index in [0.29, 0.717) is 0 Å². The van der Waals surface area contributed by atoms with Gasteiger partial charge in [-0.3, -0.25) is 0 Å². The lowest BCUT2D eigenvalue weighted by Crippen LogP contribution is -2.07. The number of ether oxygens (including phenoxy) is 1. The van der Waals surface area contributed by atoms with E-state index in [-0.39, 0.29) is 12.8 Å². The molecular formula is C10H19FO. The first-order chi connectivity index (χ1) is 5.78. The number of halogens is 1. The minimum absolute atomic E-state index is 0.248. The molecule has 0 heterocycles. The van der Waals surface area contributed by atoms with Crippen LogP contribution >= 0.6 is 0 Å². The Hall–Kier alpha value is -0.370. The van der Waals surface area contributed by atoms with Crippen LogP contribution in [0.15, 0.2) is 11.6 Å². The zero-order valence-corrected chi connectivity index (χ0v) is 8.27. The summed E-state index contributed by atoms with van der Waals surface area (Å²) < 4.78 is 17.4. The summed E-state index contributed by atoms with van der Waals surface area (Å²) in [6, 6.07) is 0. The van der Waals surface area contributed by atoms with E-state index in [4.69, 9.17) is 4.74 Å². The van der Waals surface area contributed by atoms with Crippen LogP contribution in [0.4, 0.5) is 4.39 Å². The van der Waals surface area contributed by atoms with Gasteiger partial charge in [0.15, 0.2) is 0 Å². The van der Waals surface area contributed by atoms with E-state index < -0.39 is 0 Å². The van der Waals surface area contributed by atoms with Crippen LogP contribution in [-0.2, 0) is 4.74 Å². The second-order valence-corrected chi connectivity index (χ2v) is 2.85. The van der Waals surface area contributed by atoms with Crippen LogP contribution in [-0.4, -0.2) is 19.9 Å². The summed E-state index contributed by atoms with van der Waals surface area (Å²) in [4.78, 5) is 0. The van der Waals surface area contributed by atoms with E-state index in [9.17, 15) is 4.39 Å². The molecule has 0 amide bonds. The molecule has 0 aromatic heterocycles. The molecule has 0 spiro atoms. The molecule has 0 saturated carbocycles. The first kappa shape index (κ1) is 11.6. The van der Waals surface area contributed by atoms with Crippen LogP contribution in [0.5, 0.6) is 0 Å². The number of hydrogen-bond donors (Lipinski definition) is 0. The summed E-state index contributed by atoms with van der Waals surface area (Å²) in [5, 5.41) is 0. The maximum Gasteiger partial charge on any atom is 0.111 e. The minimum Gasteiger partial charge on any atom is -0.381 e. The molecule has 0 aliphatic carbocycles. The van der Waals surface area contributed by atoms with Gasteiger partial charge in [0.2, 0.25) is 0 Å². The molecule has 0 saturated heterocycles. The molecule has 0 bridgehead atoms. The molecule has 0 fully saturated rings. The molecule has 0 aliphatic rings. The SMILES string of the molecule is CCC(=CCC(CC)OC)CF. The van der Waals surface area contributed by atoms with Crippen molar-refractivity contribution in [3.05, 3.63) is 11.6 Å². The van der Waals surface area contributed by atoms with Crippen LogP contribution in [0.3, 0.4) is 0 Å². The monoisotopic (exact) mass is 174 g/mol. The molecule has 0 rings (SSSR count). The van der Waals surface area contributed by atoms with Gasteiger partial charge in [-0.15, -0.1) is 0 Å². The van der Waals surface area contributed by atoms with Crippen molar-refractivity contribution in [2.24, 2.45) is 0 Å².